The number of nitrogens with one attached hydrogen (secondary N) is 2. The number of carbonyl (C=O) groups is 3. The van der Waals surface area contributed by atoms with Gasteiger partial charge in [0.1, 0.15) is 5.54 Å². The van der Waals surface area contributed by atoms with E-state index in [9.17, 15) is 14.4 Å². The molecule has 0 aliphatic carbocycles. The van der Waals surface area contributed by atoms with Crippen molar-refractivity contribution < 1.29 is 14.4 Å². The van der Waals surface area contributed by atoms with Gasteiger partial charge in [0.15, 0.2) is 0 Å². The first-order valence-electron chi connectivity index (χ1n) is 6.89. The molecule has 7 heteroatoms. The number of pyridine rings is 1. The van der Waals surface area contributed by atoms with Crippen LogP contribution in [-0.2, 0) is 16.0 Å². The van der Waals surface area contributed by atoms with E-state index in [1.165, 1.54) is 0 Å². The van der Waals surface area contributed by atoms with Gasteiger partial charge >= 0.3 is 6.03 Å². The molecule has 2 aliphatic heterocycles. The minimum atomic E-state index is -0.829. The Hall–Kier alpha value is -2.44. The largest absolute Gasteiger partial charge is 0.342 e. The molecule has 1 aromatic rings. The number of piperidine rings is 1. The fraction of sp³-hybridized carbons (Fsp3) is 0.429. The number of nitrogens with zero attached hydrogens (tertiary/aromatic N) is 2. The standard InChI is InChI=1S/C14H16N4O3/c19-11(9-10-1-5-15-6-2-10)18-7-3-14(4-8-18)12(20)16-13(21)17-14/h1-2,5-6H,3-4,7-9H2,(H2,16,17,20,21). The molecule has 4 amide bonds. The fourth-order valence-corrected chi connectivity index (χ4v) is 2.81. The van der Waals surface area contributed by atoms with Crippen LogP contribution in [0.25, 0.3) is 0 Å². The molecule has 3 rings (SSSR count). The summed E-state index contributed by atoms with van der Waals surface area (Å²) >= 11 is 0. The van der Waals surface area contributed by atoms with Gasteiger partial charge in [-0.1, -0.05) is 0 Å². The summed E-state index contributed by atoms with van der Waals surface area (Å²) in [7, 11) is 0. The number of imide groups is 1. The first-order valence-corrected chi connectivity index (χ1v) is 6.89. The Morgan fingerprint density at radius 3 is 2.48 bits per heavy atom. The summed E-state index contributed by atoms with van der Waals surface area (Å²) < 4.78 is 0. The van der Waals surface area contributed by atoms with E-state index < -0.39 is 11.6 Å². The number of hydrogen-bond donors (Lipinski definition) is 2. The lowest BCUT2D eigenvalue weighted by molar-refractivity contribution is -0.135. The third-order valence-electron chi connectivity index (χ3n) is 4.09. The number of amides is 4. The van der Waals surface area contributed by atoms with E-state index in [1.807, 2.05) is 12.1 Å². The molecular formula is C14H16N4O3. The zero-order valence-electron chi connectivity index (χ0n) is 11.5. The average Bonchev–Trinajstić information content (AvgIpc) is 2.74. The van der Waals surface area contributed by atoms with Crippen LogP contribution in [0, 0.1) is 0 Å². The topological polar surface area (TPSA) is 91.4 Å². The van der Waals surface area contributed by atoms with Crippen LogP contribution in [0.3, 0.4) is 0 Å². The predicted molar refractivity (Wildman–Crippen MR) is 73.2 cm³/mol. The van der Waals surface area contributed by atoms with Crippen LogP contribution < -0.4 is 10.6 Å². The molecule has 3 heterocycles. The smallest absolute Gasteiger partial charge is 0.322 e. The molecule has 0 atom stereocenters. The number of hydrogen-bond acceptors (Lipinski definition) is 4. The van der Waals surface area contributed by atoms with Gasteiger partial charge in [0.25, 0.3) is 5.91 Å². The Morgan fingerprint density at radius 2 is 1.90 bits per heavy atom. The highest BCUT2D eigenvalue weighted by Crippen LogP contribution is 2.25. The number of likely N-dealkylation sites (tertiary alicyclic amines) is 1. The Balaban J connectivity index is 1.60. The van der Waals surface area contributed by atoms with Crippen molar-refractivity contribution in [3.05, 3.63) is 30.1 Å². The summed E-state index contributed by atoms with van der Waals surface area (Å²) in [5.41, 5.74) is 0.0899. The Bertz CT molecular complexity index is 579. The third-order valence-corrected chi connectivity index (χ3v) is 4.09. The second-order valence-electron chi connectivity index (χ2n) is 5.40. The molecule has 110 valence electrons. The molecule has 2 aliphatic rings. The molecule has 0 saturated carbocycles. The van der Waals surface area contributed by atoms with Gasteiger partial charge in [-0.3, -0.25) is 19.9 Å². The monoisotopic (exact) mass is 288 g/mol. The van der Waals surface area contributed by atoms with E-state index in [0.717, 1.165) is 5.56 Å². The van der Waals surface area contributed by atoms with E-state index in [-0.39, 0.29) is 11.8 Å². The van der Waals surface area contributed by atoms with E-state index in [0.29, 0.717) is 32.4 Å². The number of aromatic nitrogens is 1. The van der Waals surface area contributed by atoms with Crippen molar-refractivity contribution in [3.63, 3.8) is 0 Å². The molecular weight excluding hydrogens is 272 g/mol. The molecule has 0 aromatic carbocycles. The molecule has 1 spiro atoms. The predicted octanol–water partition coefficient (Wildman–Crippen LogP) is -0.175. The summed E-state index contributed by atoms with van der Waals surface area (Å²) in [6, 6.07) is 3.18. The van der Waals surface area contributed by atoms with Crippen molar-refractivity contribution in [3.8, 4) is 0 Å². The van der Waals surface area contributed by atoms with Crippen LogP contribution in [0.15, 0.2) is 24.5 Å². The van der Waals surface area contributed by atoms with Crippen LogP contribution in [-0.4, -0.2) is 46.4 Å². The van der Waals surface area contributed by atoms with Crippen LogP contribution in [0.4, 0.5) is 4.79 Å². The van der Waals surface area contributed by atoms with Crippen LogP contribution in [0.1, 0.15) is 18.4 Å². The first-order chi connectivity index (χ1) is 10.1. The van der Waals surface area contributed by atoms with Gasteiger partial charge in [0, 0.05) is 25.5 Å². The van der Waals surface area contributed by atoms with E-state index >= 15 is 0 Å². The van der Waals surface area contributed by atoms with Gasteiger partial charge in [-0.25, -0.2) is 4.79 Å². The molecule has 2 N–H and O–H groups in total. The van der Waals surface area contributed by atoms with Crippen LogP contribution in [0.5, 0.6) is 0 Å². The summed E-state index contributed by atoms with van der Waals surface area (Å²) in [5.74, 6) is -0.255. The summed E-state index contributed by atoms with van der Waals surface area (Å²) in [4.78, 5) is 41.0. The number of rotatable bonds is 2. The number of urea groups is 1. The quantitative estimate of drug-likeness (QED) is 0.739. The maximum Gasteiger partial charge on any atom is 0.322 e. The van der Waals surface area contributed by atoms with Gasteiger partial charge in [0.05, 0.1) is 6.42 Å². The Labute approximate surface area is 121 Å². The third kappa shape index (κ3) is 2.58. The van der Waals surface area contributed by atoms with E-state index in [1.54, 1.807) is 17.3 Å². The van der Waals surface area contributed by atoms with Crippen molar-refractivity contribution >= 4 is 17.8 Å². The highest BCUT2D eigenvalue weighted by molar-refractivity contribution is 6.07. The summed E-state index contributed by atoms with van der Waals surface area (Å²) in [6.07, 6.45) is 4.55. The lowest BCUT2D eigenvalue weighted by Crippen LogP contribution is -2.55. The van der Waals surface area contributed by atoms with E-state index in [2.05, 4.69) is 15.6 Å². The minimum Gasteiger partial charge on any atom is -0.342 e. The lowest BCUT2D eigenvalue weighted by Gasteiger charge is -2.37. The first kappa shape index (κ1) is 13.5. The van der Waals surface area contributed by atoms with Crippen LogP contribution >= 0.6 is 0 Å². The van der Waals surface area contributed by atoms with Gasteiger partial charge in [0.2, 0.25) is 5.91 Å². The normalized spacial score (nSPS) is 20.3. The number of carbonyl (C=O) groups excluding carboxylic acids is 3. The molecule has 2 saturated heterocycles. The van der Waals surface area contributed by atoms with Crippen molar-refractivity contribution in [1.29, 1.82) is 0 Å². The van der Waals surface area contributed by atoms with Crippen molar-refractivity contribution in [1.82, 2.24) is 20.5 Å². The second kappa shape index (κ2) is 5.16. The highest BCUT2D eigenvalue weighted by Gasteiger charge is 2.48. The van der Waals surface area contributed by atoms with Gasteiger partial charge in [-0.05, 0) is 30.5 Å². The highest BCUT2D eigenvalue weighted by atomic mass is 16.2. The van der Waals surface area contributed by atoms with Gasteiger partial charge in [-0.2, -0.15) is 0 Å². The molecule has 0 radical (unpaired) electrons. The van der Waals surface area contributed by atoms with Crippen molar-refractivity contribution in [2.75, 3.05) is 13.1 Å². The molecule has 0 bridgehead atoms. The maximum atomic E-state index is 12.2. The average molecular weight is 288 g/mol. The SMILES string of the molecule is O=C1NC(=O)C2(CCN(C(=O)Cc3ccncc3)CC2)N1. The van der Waals surface area contributed by atoms with Crippen molar-refractivity contribution in [2.24, 2.45) is 0 Å². The zero-order valence-corrected chi connectivity index (χ0v) is 11.5. The Morgan fingerprint density at radius 1 is 1.24 bits per heavy atom. The summed E-state index contributed by atoms with van der Waals surface area (Å²) in [5, 5.41) is 4.94. The van der Waals surface area contributed by atoms with Gasteiger partial charge < -0.3 is 10.2 Å². The molecule has 7 nitrogen and oxygen atoms in total. The minimum absolute atomic E-state index is 0.0285. The zero-order chi connectivity index (χ0) is 14.9. The molecule has 0 unspecified atom stereocenters. The lowest BCUT2D eigenvalue weighted by atomic mass is 9.87. The maximum absolute atomic E-state index is 12.2. The fourth-order valence-electron chi connectivity index (χ4n) is 2.81. The second-order valence-corrected chi connectivity index (χ2v) is 5.40. The van der Waals surface area contributed by atoms with E-state index in [4.69, 9.17) is 0 Å². The molecule has 1 aromatic heterocycles. The van der Waals surface area contributed by atoms with Crippen molar-refractivity contribution in [2.45, 2.75) is 24.8 Å². The Kier molecular flexibility index (Phi) is 3.32. The molecule has 2 fully saturated rings. The summed E-state index contributed by atoms with van der Waals surface area (Å²) in [6.45, 7) is 0.940. The molecule has 21 heavy (non-hydrogen) atoms. The van der Waals surface area contributed by atoms with Crippen LogP contribution in [0.2, 0.25) is 0 Å². The van der Waals surface area contributed by atoms with Gasteiger partial charge in [-0.15, -0.1) is 0 Å².